The second-order valence-corrected chi connectivity index (χ2v) is 5.31. The van der Waals surface area contributed by atoms with E-state index in [0.29, 0.717) is 13.2 Å². The van der Waals surface area contributed by atoms with Gasteiger partial charge in [-0.3, -0.25) is 4.79 Å². The number of nitrogens with one attached hydrogen (secondary N) is 2. The quantitative estimate of drug-likeness (QED) is 0.699. The molecule has 2 aromatic rings. The number of carbonyl (C=O) groups excluding carboxylic acids is 1. The number of carbonyl (C=O) groups is 1. The molecule has 0 spiro atoms. The van der Waals surface area contributed by atoms with Crippen LogP contribution in [0.15, 0.2) is 54.6 Å². The maximum absolute atomic E-state index is 11.8. The van der Waals surface area contributed by atoms with Crippen molar-refractivity contribution >= 4 is 11.6 Å². The van der Waals surface area contributed by atoms with Gasteiger partial charge in [-0.05, 0) is 36.2 Å². The molecular formula is C19H24N2O2. The first-order valence-corrected chi connectivity index (χ1v) is 8.05. The van der Waals surface area contributed by atoms with E-state index in [1.807, 2.05) is 42.5 Å². The molecule has 0 unspecified atom stereocenters. The van der Waals surface area contributed by atoms with E-state index in [-0.39, 0.29) is 12.5 Å². The Morgan fingerprint density at radius 3 is 2.48 bits per heavy atom. The van der Waals surface area contributed by atoms with Crippen LogP contribution in [-0.4, -0.2) is 25.6 Å². The second-order valence-electron chi connectivity index (χ2n) is 5.31. The van der Waals surface area contributed by atoms with Crippen molar-refractivity contribution in [1.82, 2.24) is 5.32 Å². The maximum Gasteiger partial charge on any atom is 0.239 e. The van der Waals surface area contributed by atoms with E-state index in [1.54, 1.807) is 0 Å². The molecule has 0 atom stereocenters. The molecule has 0 saturated carbocycles. The van der Waals surface area contributed by atoms with Gasteiger partial charge in [-0.15, -0.1) is 0 Å². The minimum Gasteiger partial charge on any atom is -0.492 e. The zero-order valence-corrected chi connectivity index (χ0v) is 13.5. The van der Waals surface area contributed by atoms with Gasteiger partial charge in [0.1, 0.15) is 12.4 Å². The van der Waals surface area contributed by atoms with Gasteiger partial charge in [-0.25, -0.2) is 0 Å². The molecule has 0 heterocycles. The highest BCUT2D eigenvalue weighted by molar-refractivity contribution is 5.80. The van der Waals surface area contributed by atoms with Crippen LogP contribution in [0.4, 0.5) is 5.69 Å². The van der Waals surface area contributed by atoms with Crippen molar-refractivity contribution in [2.75, 3.05) is 25.0 Å². The third kappa shape index (κ3) is 6.43. The Balaban J connectivity index is 1.61. The Bertz CT molecular complexity index is 582. The summed E-state index contributed by atoms with van der Waals surface area (Å²) < 4.78 is 5.52. The predicted octanol–water partition coefficient (Wildman–Crippen LogP) is 3.25. The zero-order valence-electron chi connectivity index (χ0n) is 13.5. The molecule has 0 aliphatic heterocycles. The third-order valence-electron chi connectivity index (χ3n) is 3.38. The molecule has 0 aromatic heterocycles. The normalized spacial score (nSPS) is 10.1. The molecule has 0 fully saturated rings. The van der Waals surface area contributed by atoms with Crippen molar-refractivity contribution < 1.29 is 9.53 Å². The highest BCUT2D eigenvalue weighted by atomic mass is 16.5. The van der Waals surface area contributed by atoms with E-state index < -0.39 is 0 Å². The van der Waals surface area contributed by atoms with E-state index in [0.717, 1.165) is 24.3 Å². The first-order valence-electron chi connectivity index (χ1n) is 8.05. The minimum atomic E-state index is -0.0423. The fraction of sp³-hybridized carbons (Fsp3) is 0.316. The number of hydrogen-bond acceptors (Lipinski definition) is 3. The summed E-state index contributed by atoms with van der Waals surface area (Å²) in [5, 5.41) is 5.95. The molecule has 2 N–H and O–H groups in total. The summed E-state index contributed by atoms with van der Waals surface area (Å²) in [6.07, 6.45) is 2.22. The van der Waals surface area contributed by atoms with Crippen LogP contribution in [0.25, 0.3) is 0 Å². The standard InChI is InChI=1S/C19H24N2O2/c1-2-6-16-9-11-17(12-10-16)21-15-19(22)20-13-14-23-18-7-4-3-5-8-18/h3-5,7-12,21H,2,6,13-15H2,1H3,(H,20,22). The van der Waals surface area contributed by atoms with Gasteiger partial charge in [0.05, 0.1) is 13.1 Å². The molecule has 2 rings (SSSR count). The summed E-state index contributed by atoms with van der Waals surface area (Å²) in [7, 11) is 0. The largest absolute Gasteiger partial charge is 0.492 e. The summed E-state index contributed by atoms with van der Waals surface area (Å²) >= 11 is 0. The first kappa shape index (κ1) is 16.9. The lowest BCUT2D eigenvalue weighted by atomic mass is 10.1. The molecule has 1 amide bonds. The molecule has 4 heteroatoms. The molecule has 0 bridgehead atoms. The van der Waals surface area contributed by atoms with Crippen LogP contribution in [0.2, 0.25) is 0 Å². The van der Waals surface area contributed by atoms with E-state index in [1.165, 1.54) is 5.56 Å². The van der Waals surface area contributed by atoms with Crippen LogP contribution >= 0.6 is 0 Å². The van der Waals surface area contributed by atoms with Crippen LogP contribution in [0.1, 0.15) is 18.9 Å². The number of benzene rings is 2. The van der Waals surface area contributed by atoms with E-state index in [2.05, 4.69) is 29.7 Å². The van der Waals surface area contributed by atoms with Gasteiger partial charge in [0.15, 0.2) is 0 Å². The number of ether oxygens (including phenoxy) is 1. The number of para-hydroxylation sites is 1. The number of hydrogen-bond donors (Lipinski definition) is 2. The average molecular weight is 312 g/mol. The molecule has 0 aliphatic rings. The van der Waals surface area contributed by atoms with Crippen molar-refractivity contribution in [3.05, 3.63) is 60.2 Å². The molecular weight excluding hydrogens is 288 g/mol. The molecule has 0 aliphatic carbocycles. The average Bonchev–Trinajstić information content (AvgIpc) is 2.59. The highest BCUT2D eigenvalue weighted by Gasteiger charge is 2.01. The van der Waals surface area contributed by atoms with E-state index in [9.17, 15) is 4.79 Å². The second kappa shape index (κ2) is 9.51. The van der Waals surface area contributed by atoms with Gasteiger partial charge in [0.2, 0.25) is 5.91 Å². The van der Waals surface area contributed by atoms with Gasteiger partial charge in [0, 0.05) is 5.69 Å². The molecule has 122 valence electrons. The molecule has 23 heavy (non-hydrogen) atoms. The SMILES string of the molecule is CCCc1ccc(NCC(=O)NCCOc2ccccc2)cc1. The summed E-state index contributed by atoms with van der Waals surface area (Å²) in [6.45, 7) is 3.38. The van der Waals surface area contributed by atoms with Crippen LogP contribution in [0.5, 0.6) is 5.75 Å². The van der Waals surface area contributed by atoms with Gasteiger partial charge in [-0.2, -0.15) is 0 Å². The van der Waals surface area contributed by atoms with Gasteiger partial charge in [-0.1, -0.05) is 43.7 Å². The predicted molar refractivity (Wildman–Crippen MR) is 93.9 cm³/mol. The van der Waals surface area contributed by atoms with Crippen LogP contribution in [0, 0.1) is 0 Å². The number of rotatable bonds is 9. The molecule has 0 saturated heterocycles. The Labute approximate surface area is 137 Å². The lowest BCUT2D eigenvalue weighted by molar-refractivity contribution is -0.119. The van der Waals surface area contributed by atoms with Crippen molar-refractivity contribution in [2.24, 2.45) is 0 Å². The smallest absolute Gasteiger partial charge is 0.239 e. The number of amides is 1. The summed E-state index contributed by atoms with van der Waals surface area (Å²) in [6, 6.07) is 17.8. The van der Waals surface area contributed by atoms with Crippen molar-refractivity contribution in [3.8, 4) is 5.75 Å². The topological polar surface area (TPSA) is 50.4 Å². The van der Waals surface area contributed by atoms with Crippen molar-refractivity contribution in [2.45, 2.75) is 19.8 Å². The minimum absolute atomic E-state index is 0.0423. The zero-order chi connectivity index (χ0) is 16.3. The Hall–Kier alpha value is -2.49. The van der Waals surface area contributed by atoms with Crippen LogP contribution < -0.4 is 15.4 Å². The van der Waals surface area contributed by atoms with Gasteiger partial charge in [0.25, 0.3) is 0 Å². The first-order chi connectivity index (χ1) is 11.3. The lowest BCUT2D eigenvalue weighted by Crippen LogP contribution is -2.32. The van der Waals surface area contributed by atoms with E-state index >= 15 is 0 Å². The molecule has 2 aromatic carbocycles. The molecule has 0 radical (unpaired) electrons. The number of anilines is 1. The van der Waals surface area contributed by atoms with Crippen molar-refractivity contribution in [1.29, 1.82) is 0 Å². The maximum atomic E-state index is 11.8. The third-order valence-corrected chi connectivity index (χ3v) is 3.38. The summed E-state index contributed by atoms with van der Waals surface area (Å²) in [4.78, 5) is 11.8. The summed E-state index contributed by atoms with van der Waals surface area (Å²) in [5.74, 6) is 0.770. The van der Waals surface area contributed by atoms with Gasteiger partial charge >= 0.3 is 0 Å². The van der Waals surface area contributed by atoms with Crippen LogP contribution in [-0.2, 0) is 11.2 Å². The lowest BCUT2D eigenvalue weighted by Gasteiger charge is -2.09. The van der Waals surface area contributed by atoms with Gasteiger partial charge < -0.3 is 15.4 Å². The van der Waals surface area contributed by atoms with Crippen molar-refractivity contribution in [3.63, 3.8) is 0 Å². The Morgan fingerprint density at radius 2 is 1.78 bits per heavy atom. The highest BCUT2D eigenvalue weighted by Crippen LogP contribution is 2.10. The Kier molecular flexibility index (Phi) is 6.98. The summed E-state index contributed by atoms with van der Waals surface area (Å²) in [5.41, 5.74) is 2.28. The van der Waals surface area contributed by atoms with Crippen LogP contribution in [0.3, 0.4) is 0 Å². The monoisotopic (exact) mass is 312 g/mol. The number of aryl methyl sites for hydroxylation is 1. The van der Waals surface area contributed by atoms with E-state index in [4.69, 9.17) is 4.74 Å². The molecule has 4 nitrogen and oxygen atoms in total. The Morgan fingerprint density at radius 1 is 1.04 bits per heavy atom. The fourth-order valence-corrected chi connectivity index (χ4v) is 2.20. The fourth-order valence-electron chi connectivity index (χ4n) is 2.20.